The summed E-state index contributed by atoms with van der Waals surface area (Å²) in [4.78, 5) is 26.3. The Hall–Kier alpha value is -2.01. The number of nitrogens with zero attached hydrogens (tertiary/aromatic N) is 4. The number of hydrogen-bond acceptors (Lipinski definition) is 4. The maximum atomic E-state index is 12.0. The van der Waals surface area contributed by atoms with Gasteiger partial charge in [0.25, 0.3) is 0 Å². The lowest BCUT2D eigenvalue weighted by Crippen LogP contribution is -2.26. The molecule has 1 fully saturated rings. The minimum atomic E-state index is 0.0268. The Kier molecular flexibility index (Phi) is 3.60. The van der Waals surface area contributed by atoms with Crippen LogP contribution >= 0.6 is 11.6 Å². The second kappa shape index (κ2) is 5.54. The van der Waals surface area contributed by atoms with Gasteiger partial charge in [0.1, 0.15) is 0 Å². The Morgan fingerprint density at radius 1 is 1.35 bits per heavy atom. The number of amides is 1. The molecule has 20 heavy (non-hydrogen) atoms. The van der Waals surface area contributed by atoms with E-state index in [1.807, 2.05) is 12.1 Å². The molecular formula is C14H13ClN4O. The van der Waals surface area contributed by atoms with Gasteiger partial charge in [-0.25, -0.2) is 9.97 Å². The number of rotatable bonds is 3. The fourth-order valence-electron chi connectivity index (χ4n) is 2.23. The van der Waals surface area contributed by atoms with Crippen molar-refractivity contribution in [3.63, 3.8) is 0 Å². The van der Waals surface area contributed by atoms with E-state index in [1.54, 1.807) is 29.6 Å². The lowest BCUT2D eigenvalue weighted by atomic mass is 10.2. The summed E-state index contributed by atoms with van der Waals surface area (Å²) < 4.78 is 0. The fourth-order valence-corrected chi connectivity index (χ4v) is 2.44. The van der Waals surface area contributed by atoms with Crippen LogP contribution in [-0.4, -0.2) is 33.3 Å². The molecular weight excluding hydrogens is 276 g/mol. The molecule has 2 aromatic rings. The normalized spacial score (nSPS) is 18.6. The molecule has 3 heterocycles. The molecule has 3 rings (SSSR count). The standard InChI is InChI=1S/C14H13ClN4O/c15-7-10-6-13(20)19(9-10)14-17-5-3-12(18-14)11-2-1-4-16-8-11/h1-5,8,10H,6-7,9H2. The topological polar surface area (TPSA) is 59.0 Å². The van der Waals surface area contributed by atoms with Crippen molar-refractivity contribution in [3.8, 4) is 11.3 Å². The highest BCUT2D eigenvalue weighted by molar-refractivity contribution is 6.18. The Labute approximate surface area is 121 Å². The van der Waals surface area contributed by atoms with Crippen molar-refractivity contribution >= 4 is 23.5 Å². The minimum Gasteiger partial charge on any atom is -0.280 e. The van der Waals surface area contributed by atoms with Crippen molar-refractivity contribution in [3.05, 3.63) is 36.8 Å². The van der Waals surface area contributed by atoms with Crippen LogP contribution in [0.3, 0.4) is 0 Å². The number of halogens is 1. The average Bonchev–Trinajstić information content (AvgIpc) is 2.89. The van der Waals surface area contributed by atoms with E-state index in [4.69, 9.17) is 11.6 Å². The summed E-state index contributed by atoms with van der Waals surface area (Å²) in [6.07, 6.45) is 5.57. The van der Waals surface area contributed by atoms with E-state index in [9.17, 15) is 4.79 Å². The van der Waals surface area contributed by atoms with E-state index in [2.05, 4.69) is 15.0 Å². The molecule has 1 unspecified atom stereocenters. The van der Waals surface area contributed by atoms with Gasteiger partial charge in [-0.1, -0.05) is 0 Å². The third-order valence-electron chi connectivity index (χ3n) is 3.26. The maximum Gasteiger partial charge on any atom is 0.232 e. The Morgan fingerprint density at radius 3 is 2.95 bits per heavy atom. The van der Waals surface area contributed by atoms with E-state index in [1.165, 1.54) is 0 Å². The zero-order valence-corrected chi connectivity index (χ0v) is 11.5. The molecule has 0 N–H and O–H groups in total. The third kappa shape index (κ3) is 2.49. The van der Waals surface area contributed by atoms with Gasteiger partial charge in [0.05, 0.1) is 5.69 Å². The predicted molar refractivity (Wildman–Crippen MR) is 76.4 cm³/mol. The number of anilines is 1. The summed E-state index contributed by atoms with van der Waals surface area (Å²) in [6, 6.07) is 5.58. The summed E-state index contributed by atoms with van der Waals surface area (Å²) in [7, 11) is 0. The molecule has 2 aromatic heterocycles. The Bertz CT molecular complexity index is 620. The minimum absolute atomic E-state index is 0.0268. The molecule has 1 aliphatic heterocycles. The predicted octanol–water partition coefficient (Wildman–Crippen LogP) is 2.13. The van der Waals surface area contributed by atoms with Gasteiger partial charge < -0.3 is 0 Å². The van der Waals surface area contributed by atoms with E-state index < -0.39 is 0 Å². The molecule has 6 heteroatoms. The SMILES string of the molecule is O=C1CC(CCl)CN1c1nccc(-c2cccnc2)n1. The number of carbonyl (C=O) groups excluding carboxylic acids is 1. The number of carbonyl (C=O) groups is 1. The smallest absolute Gasteiger partial charge is 0.232 e. The lowest BCUT2D eigenvalue weighted by molar-refractivity contribution is -0.117. The van der Waals surface area contributed by atoms with Crippen molar-refractivity contribution in [2.24, 2.45) is 5.92 Å². The zero-order valence-electron chi connectivity index (χ0n) is 10.7. The second-order valence-corrected chi connectivity index (χ2v) is 5.02. The molecule has 0 aromatic carbocycles. The van der Waals surface area contributed by atoms with Crippen LogP contribution in [0.15, 0.2) is 36.8 Å². The maximum absolute atomic E-state index is 12.0. The highest BCUT2D eigenvalue weighted by Gasteiger charge is 2.31. The molecule has 0 aliphatic carbocycles. The van der Waals surface area contributed by atoms with Crippen LogP contribution in [0, 0.1) is 5.92 Å². The van der Waals surface area contributed by atoms with Crippen molar-refractivity contribution in [2.45, 2.75) is 6.42 Å². The summed E-state index contributed by atoms with van der Waals surface area (Å²) in [5.41, 5.74) is 1.65. The Balaban J connectivity index is 1.91. The van der Waals surface area contributed by atoms with Crippen molar-refractivity contribution in [2.75, 3.05) is 17.3 Å². The van der Waals surface area contributed by atoms with Gasteiger partial charge in [-0.15, -0.1) is 11.6 Å². The highest BCUT2D eigenvalue weighted by atomic mass is 35.5. The Morgan fingerprint density at radius 2 is 2.25 bits per heavy atom. The monoisotopic (exact) mass is 288 g/mol. The van der Waals surface area contributed by atoms with E-state index in [0.29, 0.717) is 24.8 Å². The fraction of sp³-hybridized carbons (Fsp3) is 0.286. The first kappa shape index (κ1) is 13.0. The van der Waals surface area contributed by atoms with Crippen molar-refractivity contribution in [1.29, 1.82) is 0 Å². The van der Waals surface area contributed by atoms with Gasteiger partial charge >= 0.3 is 0 Å². The van der Waals surface area contributed by atoms with Gasteiger partial charge in [0.2, 0.25) is 11.9 Å². The zero-order chi connectivity index (χ0) is 13.9. The van der Waals surface area contributed by atoms with Crippen LogP contribution in [-0.2, 0) is 4.79 Å². The third-order valence-corrected chi connectivity index (χ3v) is 3.70. The van der Waals surface area contributed by atoms with E-state index >= 15 is 0 Å². The van der Waals surface area contributed by atoms with Gasteiger partial charge in [0, 0.05) is 43.0 Å². The van der Waals surface area contributed by atoms with E-state index in [-0.39, 0.29) is 11.8 Å². The second-order valence-electron chi connectivity index (χ2n) is 4.71. The number of aromatic nitrogens is 3. The molecule has 0 bridgehead atoms. The highest BCUT2D eigenvalue weighted by Crippen LogP contribution is 2.24. The summed E-state index contributed by atoms with van der Waals surface area (Å²) in [6.45, 7) is 0.582. The molecule has 1 atom stereocenters. The van der Waals surface area contributed by atoms with Crippen LogP contribution in [0.5, 0.6) is 0 Å². The number of alkyl halides is 1. The first-order valence-electron chi connectivity index (χ1n) is 6.37. The summed E-state index contributed by atoms with van der Waals surface area (Å²) >= 11 is 5.83. The van der Waals surface area contributed by atoms with Crippen LogP contribution in [0.25, 0.3) is 11.3 Å². The molecule has 5 nitrogen and oxygen atoms in total. The number of hydrogen-bond donors (Lipinski definition) is 0. The average molecular weight is 289 g/mol. The first-order valence-corrected chi connectivity index (χ1v) is 6.91. The molecule has 102 valence electrons. The lowest BCUT2D eigenvalue weighted by Gasteiger charge is -2.14. The molecule has 1 aliphatic rings. The molecule has 0 saturated carbocycles. The van der Waals surface area contributed by atoms with Gasteiger partial charge in [-0.05, 0) is 24.1 Å². The summed E-state index contributed by atoms with van der Waals surface area (Å²) in [5.74, 6) is 1.11. The van der Waals surface area contributed by atoms with Crippen LogP contribution in [0.4, 0.5) is 5.95 Å². The summed E-state index contributed by atoms with van der Waals surface area (Å²) in [5, 5.41) is 0. The van der Waals surface area contributed by atoms with Crippen molar-refractivity contribution in [1.82, 2.24) is 15.0 Å². The quantitative estimate of drug-likeness (QED) is 0.812. The molecule has 1 amide bonds. The van der Waals surface area contributed by atoms with Gasteiger partial charge in [0.15, 0.2) is 0 Å². The largest absolute Gasteiger partial charge is 0.280 e. The van der Waals surface area contributed by atoms with Crippen molar-refractivity contribution < 1.29 is 4.79 Å². The number of pyridine rings is 1. The van der Waals surface area contributed by atoms with Crippen LogP contribution in [0.2, 0.25) is 0 Å². The molecule has 0 spiro atoms. The van der Waals surface area contributed by atoms with Gasteiger partial charge in [-0.2, -0.15) is 0 Å². The van der Waals surface area contributed by atoms with Crippen LogP contribution in [0.1, 0.15) is 6.42 Å². The van der Waals surface area contributed by atoms with E-state index in [0.717, 1.165) is 11.3 Å². The van der Waals surface area contributed by atoms with Gasteiger partial charge in [-0.3, -0.25) is 14.7 Å². The van der Waals surface area contributed by atoms with Crippen LogP contribution < -0.4 is 4.90 Å². The molecule has 1 saturated heterocycles. The molecule has 0 radical (unpaired) electrons. The first-order chi connectivity index (χ1) is 9.78.